The monoisotopic (exact) mass is 520 g/mol. The fourth-order valence-corrected chi connectivity index (χ4v) is 4.96. The molecule has 1 aliphatic heterocycles. The van der Waals surface area contributed by atoms with Crippen LogP contribution in [-0.2, 0) is 17.8 Å². The Morgan fingerprint density at radius 1 is 1.00 bits per heavy atom. The highest BCUT2D eigenvalue weighted by molar-refractivity contribution is 6.09. The van der Waals surface area contributed by atoms with E-state index in [4.69, 9.17) is 26.0 Å². The van der Waals surface area contributed by atoms with Crippen LogP contribution in [0.1, 0.15) is 43.7 Å². The van der Waals surface area contributed by atoms with E-state index in [9.17, 15) is 0 Å². The summed E-state index contributed by atoms with van der Waals surface area (Å²) in [7, 11) is 3.46. The number of anilines is 2. The third-order valence-electron chi connectivity index (χ3n) is 7.00. The Morgan fingerprint density at radius 2 is 1.79 bits per heavy atom. The summed E-state index contributed by atoms with van der Waals surface area (Å²) in [4.78, 5) is 11.1. The van der Waals surface area contributed by atoms with Gasteiger partial charge in [0.15, 0.2) is 5.82 Å². The number of para-hydroxylation sites is 1. The second-order valence-corrected chi connectivity index (χ2v) is 9.75. The van der Waals surface area contributed by atoms with Crippen molar-refractivity contribution < 1.29 is 14.6 Å². The summed E-state index contributed by atoms with van der Waals surface area (Å²) in [6, 6.07) is 14.4. The third-order valence-corrected chi connectivity index (χ3v) is 7.00. The van der Waals surface area contributed by atoms with E-state index in [1.807, 2.05) is 24.3 Å². The summed E-state index contributed by atoms with van der Waals surface area (Å²) in [5, 5.41) is 9.29. The van der Waals surface area contributed by atoms with Gasteiger partial charge in [0, 0.05) is 44.3 Å². The molecule has 5 rings (SSSR count). The molecule has 38 heavy (non-hydrogen) atoms. The molecule has 0 spiro atoms. The molecule has 1 fully saturated rings. The molecule has 1 aliphatic rings. The second kappa shape index (κ2) is 12.9. The average Bonchev–Trinajstić information content (AvgIpc) is 3.20. The predicted octanol–water partition coefficient (Wildman–Crippen LogP) is 4.20. The Kier molecular flexibility index (Phi) is 9.38. The van der Waals surface area contributed by atoms with Crippen LogP contribution >= 0.6 is 0 Å². The molecule has 204 valence electrons. The standard InChI is InChI=1S/C23H26N6O2.C6H14O/c1-30-16-12-28(13-16)10-14-7-8-19(31-2)15(9-14)11-29-18-6-4-3-5-17(18)20-21(29)22(24)27-23(25)26-20;1-2-3-4-5-6-7/h3-9,16H,10-13H2,1-2H3,(H4,24,25,26,27);7H,2-6H2,1H3. The van der Waals surface area contributed by atoms with Crippen LogP contribution in [0.4, 0.5) is 11.8 Å². The molecule has 2 aromatic heterocycles. The van der Waals surface area contributed by atoms with Crippen LogP contribution in [0.3, 0.4) is 0 Å². The van der Waals surface area contributed by atoms with E-state index in [2.05, 4.69) is 44.6 Å². The predicted molar refractivity (Wildman–Crippen MR) is 153 cm³/mol. The Bertz CT molecular complexity index is 1350. The fourth-order valence-electron chi connectivity index (χ4n) is 4.96. The quantitative estimate of drug-likeness (QED) is 0.266. The van der Waals surface area contributed by atoms with Crippen molar-refractivity contribution in [2.24, 2.45) is 0 Å². The molecule has 0 radical (unpaired) electrons. The van der Waals surface area contributed by atoms with Crippen LogP contribution in [0.2, 0.25) is 0 Å². The molecule has 0 amide bonds. The number of aliphatic hydroxyl groups is 1. The Hall–Kier alpha value is -3.40. The molecule has 0 saturated carbocycles. The van der Waals surface area contributed by atoms with Gasteiger partial charge in [-0.3, -0.25) is 4.90 Å². The van der Waals surface area contributed by atoms with Crippen molar-refractivity contribution in [3.05, 3.63) is 53.6 Å². The lowest BCUT2D eigenvalue weighted by atomic mass is 10.1. The van der Waals surface area contributed by atoms with Crippen molar-refractivity contribution >= 4 is 33.7 Å². The minimum atomic E-state index is 0.177. The SMILES string of the molecule is CCCCCCO.COc1ccc(CN2CC(OC)C2)cc1Cn1c2ccccc2c2nc(N)nc(N)c21. The number of unbranched alkanes of at least 4 members (excludes halogenated alkanes) is 3. The van der Waals surface area contributed by atoms with E-state index in [-0.39, 0.29) is 5.95 Å². The summed E-state index contributed by atoms with van der Waals surface area (Å²) >= 11 is 0. The Balaban J connectivity index is 0.000000426. The summed E-state index contributed by atoms with van der Waals surface area (Å²) in [6.07, 6.45) is 5.02. The smallest absolute Gasteiger partial charge is 0.222 e. The molecular formula is C29H40N6O3. The molecule has 9 heteroatoms. The number of fused-ring (bicyclic) bond motifs is 3. The van der Waals surface area contributed by atoms with Crippen LogP contribution in [0.5, 0.6) is 5.75 Å². The fraction of sp³-hybridized carbons (Fsp3) is 0.448. The van der Waals surface area contributed by atoms with E-state index < -0.39 is 0 Å². The van der Waals surface area contributed by atoms with Crippen LogP contribution in [0.25, 0.3) is 21.9 Å². The maximum absolute atomic E-state index is 8.29. The molecule has 0 unspecified atom stereocenters. The number of nitrogens with two attached hydrogens (primary N) is 2. The first-order valence-corrected chi connectivity index (χ1v) is 13.3. The molecule has 4 aromatic rings. The van der Waals surface area contributed by atoms with Crippen LogP contribution in [0, 0.1) is 0 Å². The third kappa shape index (κ3) is 6.18. The molecule has 0 aliphatic carbocycles. The average molecular weight is 521 g/mol. The number of nitrogen functional groups attached to an aromatic ring is 2. The molecule has 9 nitrogen and oxygen atoms in total. The molecule has 0 atom stereocenters. The van der Waals surface area contributed by atoms with Gasteiger partial charge in [0.1, 0.15) is 16.8 Å². The molecule has 3 heterocycles. The summed E-state index contributed by atoms with van der Waals surface area (Å²) < 4.78 is 13.2. The number of benzene rings is 2. The van der Waals surface area contributed by atoms with Gasteiger partial charge in [-0.2, -0.15) is 4.98 Å². The first-order chi connectivity index (χ1) is 18.5. The lowest BCUT2D eigenvalue weighted by Crippen LogP contribution is -2.50. The molecule has 0 bridgehead atoms. The Labute approximate surface area is 224 Å². The second-order valence-electron chi connectivity index (χ2n) is 9.75. The number of methoxy groups -OCH3 is 2. The number of aromatic nitrogens is 3. The molecule has 5 N–H and O–H groups in total. The summed E-state index contributed by atoms with van der Waals surface area (Å²) in [5.74, 6) is 1.39. The highest BCUT2D eigenvalue weighted by Gasteiger charge is 2.26. The lowest BCUT2D eigenvalue weighted by molar-refractivity contribution is -0.0334. The van der Waals surface area contributed by atoms with E-state index in [1.54, 1.807) is 14.2 Å². The first-order valence-electron chi connectivity index (χ1n) is 13.3. The number of nitrogens with zero attached hydrogens (tertiary/aromatic N) is 4. The van der Waals surface area contributed by atoms with Crippen LogP contribution < -0.4 is 16.2 Å². The minimum Gasteiger partial charge on any atom is -0.496 e. The zero-order chi connectivity index (χ0) is 27.1. The number of hydrogen-bond acceptors (Lipinski definition) is 8. The molecule has 1 saturated heterocycles. The van der Waals surface area contributed by atoms with Gasteiger partial charge in [-0.05, 0) is 30.2 Å². The lowest BCUT2D eigenvalue weighted by Gasteiger charge is -2.38. The number of aliphatic hydroxyl groups excluding tert-OH is 1. The van der Waals surface area contributed by atoms with Crippen molar-refractivity contribution in [3.8, 4) is 5.75 Å². The van der Waals surface area contributed by atoms with Gasteiger partial charge in [0.25, 0.3) is 0 Å². The number of rotatable bonds is 10. The number of ether oxygens (including phenoxy) is 2. The van der Waals surface area contributed by atoms with Crippen LogP contribution in [0.15, 0.2) is 42.5 Å². The van der Waals surface area contributed by atoms with Crippen LogP contribution in [-0.4, -0.2) is 64.6 Å². The zero-order valence-corrected chi connectivity index (χ0v) is 22.7. The topological polar surface area (TPSA) is 125 Å². The zero-order valence-electron chi connectivity index (χ0n) is 22.7. The van der Waals surface area contributed by atoms with Gasteiger partial charge in [-0.25, -0.2) is 4.98 Å². The van der Waals surface area contributed by atoms with Gasteiger partial charge in [0.05, 0.1) is 25.3 Å². The van der Waals surface area contributed by atoms with Crippen molar-refractivity contribution in [1.29, 1.82) is 0 Å². The van der Waals surface area contributed by atoms with Crippen molar-refractivity contribution in [1.82, 2.24) is 19.4 Å². The molecular weight excluding hydrogens is 480 g/mol. The normalized spacial score (nSPS) is 13.9. The maximum atomic E-state index is 8.29. The van der Waals surface area contributed by atoms with E-state index in [1.165, 1.54) is 24.8 Å². The first kappa shape index (κ1) is 27.6. The van der Waals surface area contributed by atoms with Gasteiger partial charge in [-0.15, -0.1) is 0 Å². The van der Waals surface area contributed by atoms with Crippen molar-refractivity contribution in [2.45, 2.75) is 51.8 Å². The summed E-state index contributed by atoms with van der Waals surface area (Å²) in [5.41, 5.74) is 17.1. The van der Waals surface area contributed by atoms with Gasteiger partial charge in [-0.1, -0.05) is 50.5 Å². The largest absolute Gasteiger partial charge is 0.496 e. The van der Waals surface area contributed by atoms with Gasteiger partial charge >= 0.3 is 0 Å². The maximum Gasteiger partial charge on any atom is 0.222 e. The highest BCUT2D eigenvalue weighted by Crippen LogP contribution is 2.33. The van der Waals surface area contributed by atoms with E-state index in [0.717, 1.165) is 59.3 Å². The van der Waals surface area contributed by atoms with E-state index >= 15 is 0 Å². The highest BCUT2D eigenvalue weighted by atomic mass is 16.5. The van der Waals surface area contributed by atoms with Gasteiger partial charge < -0.3 is 30.6 Å². The van der Waals surface area contributed by atoms with Gasteiger partial charge in [0.2, 0.25) is 5.95 Å². The van der Waals surface area contributed by atoms with Crippen molar-refractivity contribution in [2.75, 3.05) is 45.4 Å². The van der Waals surface area contributed by atoms with Crippen molar-refractivity contribution in [3.63, 3.8) is 0 Å². The minimum absolute atomic E-state index is 0.177. The number of likely N-dealkylation sites (tertiary alicyclic amines) is 1. The summed E-state index contributed by atoms with van der Waals surface area (Å²) in [6.45, 7) is 5.91. The number of hydrogen-bond donors (Lipinski definition) is 3. The molecule has 2 aromatic carbocycles. The van der Waals surface area contributed by atoms with E-state index in [0.29, 0.717) is 25.1 Å². The Morgan fingerprint density at radius 3 is 2.50 bits per heavy atom.